The van der Waals surface area contributed by atoms with Crippen LogP contribution in [0.4, 0.5) is 0 Å². The molecule has 278 valence electrons. The number of rotatable bonds is 11. The van der Waals surface area contributed by atoms with Gasteiger partial charge in [0.05, 0.1) is 69.2 Å². The van der Waals surface area contributed by atoms with Gasteiger partial charge < -0.3 is 28.4 Å². The van der Waals surface area contributed by atoms with Crippen LogP contribution in [0.5, 0.6) is 0 Å². The molecule has 0 aliphatic carbocycles. The van der Waals surface area contributed by atoms with E-state index in [0.717, 1.165) is 33.0 Å². The molecule has 0 saturated carbocycles. The summed E-state index contributed by atoms with van der Waals surface area (Å²) in [5.74, 6) is 0. The standard InChI is InChI=1S/C7H14O.C6H12O.2C5H10O.2C4H8O.7CH4/c1-2-3-4-5-7-6-8-7;1-3-4-6-5(2)7-6;1-2-5-3-4-6-5;1-2-3-5-4-6-5;2*1-2-4-3-5-4;;;;;;;/h7H,2-6H2,1H3;5-6H,3-4H2,1-2H3;2*5H,2-4H2,1H3;2*4H,2-3H2,1H3;7*1H4. The fourth-order valence-corrected chi connectivity index (χ4v) is 3.44. The van der Waals surface area contributed by atoms with Crippen LogP contribution in [0.25, 0.3) is 0 Å². The van der Waals surface area contributed by atoms with Crippen LogP contribution in [0.15, 0.2) is 0 Å². The van der Waals surface area contributed by atoms with Gasteiger partial charge >= 0.3 is 0 Å². The number of hydrogen-bond donors (Lipinski definition) is 0. The Morgan fingerprint density at radius 1 is 0.455 bits per heavy atom. The normalized spacial score (nSPS) is 27.2. The minimum absolute atomic E-state index is 0. The predicted molar refractivity (Wildman–Crippen MR) is 200 cm³/mol. The van der Waals surface area contributed by atoms with Gasteiger partial charge in [0.15, 0.2) is 0 Å². The largest absolute Gasteiger partial charge is 0.378 e. The van der Waals surface area contributed by atoms with Crippen molar-refractivity contribution in [2.24, 2.45) is 0 Å². The zero-order valence-corrected chi connectivity index (χ0v) is 25.5. The van der Waals surface area contributed by atoms with Gasteiger partial charge in [-0.1, -0.05) is 126 Å². The van der Waals surface area contributed by atoms with E-state index in [0.29, 0.717) is 42.7 Å². The fourth-order valence-electron chi connectivity index (χ4n) is 3.44. The Balaban J connectivity index is -0.0000000728. The highest BCUT2D eigenvalue weighted by Gasteiger charge is 2.32. The zero-order valence-electron chi connectivity index (χ0n) is 25.5. The van der Waals surface area contributed by atoms with Gasteiger partial charge in [0.2, 0.25) is 0 Å². The molecule has 0 aromatic carbocycles. The zero-order chi connectivity index (χ0) is 27.3. The van der Waals surface area contributed by atoms with Gasteiger partial charge in [0, 0.05) is 6.61 Å². The highest BCUT2D eigenvalue weighted by molar-refractivity contribution is 4.78. The molecule has 44 heavy (non-hydrogen) atoms. The lowest BCUT2D eigenvalue weighted by molar-refractivity contribution is -0.0516. The number of unbranched alkanes of at least 4 members (excludes halogenated alkanes) is 2. The average Bonchev–Trinajstić information content (AvgIpc) is 3.70. The van der Waals surface area contributed by atoms with Gasteiger partial charge in [-0.15, -0.1) is 0 Å². The number of ether oxygens (including phenoxy) is 6. The van der Waals surface area contributed by atoms with Crippen LogP contribution >= 0.6 is 0 Å². The Labute approximate surface area is 281 Å². The second-order valence-electron chi connectivity index (χ2n) is 10.8. The molecule has 7 atom stereocenters. The van der Waals surface area contributed by atoms with Crippen LogP contribution in [-0.2, 0) is 28.4 Å². The average molecular weight is 643 g/mol. The van der Waals surface area contributed by atoms with Crippen molar-refractivity contribution in [3.8, 4) is 0 Å². The predicted octanol–water partition coefficient (Wildman–Crippen LogP) is 12.0. The molecule has 0 spiro atoms. The smallest absolute Gasteiger partial charge is 0.0838 e. The minimum atomic E-state index is 0. The number of hydrogen-bond acceptors (Lipinski definition) is 6. The summed E-state index contributed by atoms with van der Waals surface area (Å²) in [6.07, 6.45) is 19.6. The van der Waals surface area contributed by atoms with Crippen molar-refractivity contribution in [1.29, 1.82) is 0 Å². The van der Waals surface area contributed by atoms with Gasteiger partial charge in [-0.25, -0.2) is 0 Å². The van der Waals surface area contributed by atoms with Crippen molar-refractivity contribution in [2.75, 3.05) is 33.0 Å². The van der Waals surface area contributed by atoms with Crippen molar-refractivity contribution in [3.05, 3.63) is 0 Å². The summed E-state index contributed by atoms with van der Waals surface area (Å²) in [5, 5.41) is 0. The van der Waals surface area contributed by atoms with Crippen LogP contribution in [0.1, 0.15) is 178 Å². The molecule has 0 aromatic rings. The van der Waals surface area contributed by atoms with Crippen molar-refractivity contribution >= 4 is 0 Å². The number of epoxide rings is 5. The quantitative estimate of drug-likeness (QED) is 0.165. The van der Waals surface area contributed by atoms with Gasteiger partial charge in [-0.3, -0.25) is 0 Å². The molecular weight excluding hydrogens is 552 g/mol. The van der Waals surface area contributed by atoms with E-state index in [-0.39, 0.29) is 52.0 Å². The summed E-state index contributed by atoms with van der Waals surface area (Å²) < 4.78 is 30.0. The lowest BCUT2D eigenvalue weighted by atomic mass is 10.1. The van der Waals surface area contributed by atoms with Crippen molar-refractivity contribution in [2.45, 2.75) is 220 Å². The van der Waals surface area contributed by atoms with E-state index in [1.54, 1.807) is 0 Å². The first-order chi connectivity index (χ1) is 18.0. The van der Waals surface area contributed by atoms with Crippen LogP contribution < -0.4 is 0 Å². The summed E-state index contributed by atoms with van der Waals surface area (Å²) in [6.45, 7) is 20.2. The Kier molecular flexibility index (Phi) is 52.4. The molecule has 0 bridgehead atoms. The molecule has 6 heterocycles. The van der Waals surface area contributed by atoms with Crippen LogP contribution in [0.3, 0.4) is 0 Å². The molecule has 6 aliphatic rings. The van der Waals surface area contributed by atoms with Crippen molar-refractivity contribution in [1.82, 2.24) is 0 Å². The molecule has 6 aliphatic heterocycles. The lowest BCUT2D eigenvalue weighted by Crippen LogP contribution is -2.25. The maximum absolute atomic E-state index is 5.16. The highest BCUT2D eigenvalue weighted by Crippen LogP contribution is 2.25. The summed E-state index contributed by atoms with van der Waals surface area (Å²) in [5.41, 5.74) is 0. The van der Waals surface area contributed by atoms with Gasteiger partial charge in [-0.2, -0.15) is 0 Å². The van der Waals surface area contributed by atoms with Crippen LogP contribution in [-0.4, -0.2) is 75.8 Å². The van der Waals surface area contributed by atoms with Gasteiger partial charge in [0.1, 0.15) is 0 Å². The first kappa shape index (κ1) is 59.2. The molecule has 6 rings (SSSR count). The highest BCUT2D eigenvalue weighted by atomic mass is 16.6. The summed E-state index contributed by atoms with van der Waals surface area (Å²) >= 11 is 0. The molecule has 0 amide bonds. The Bertz CT molecular complexity index is 471. The Hall–Kier alpha value is -0.240. The maximum atomic E-state index is 5.16. The molecule has 6 nitrogen and oxygen atoms in total. The van der Waals surface area contributed by atoms with E-state index in [1.165, 1.54) is 77.0 Å². The van der Waals surface area contributed by atoms with E-state index in [1.807, 2.05) is 0 Å². The molecule has 6 heteroatoms. The van der Waals surface area contributed by atoms with Crippen molar-refractivity contribution < 1.29 is 28.4 Å². The molecule has 6 saturated heterocycles. The molecule has 0 N–H and O–H groups in total. The van der Waals surface area contributed by atoms with E-state index >= 15 is 0 Å². The Morgan fingerprint density at radius 3 is 0.955 bits per heavy atom. The Morgan fingerprint density at radius 2 is 0.818 bits per heavy atom. The summed E-state index contributed by atoms with van der Waals surface area (Å²) in [6, 6.07) is 0. The SMILES string of the molecule is C.C.C.C.C.C.C.CCC1CCO1.CCC1CO1.CCC1CO1.CCCC1CO1.CCCC1OC1C.CCCCCC1CO1. The molecule has 0 aromatic heterocycles. The second kappa shape index (κ2) is 38.9. The first-order valence-corrected chi connectivity index (χ1v) is 15.7. The molecular formula is C38H90O6. The topological polar surface area (TPSA) is 71.9 Å². The minimum Gasteiger partial charge on any atom is -0.378 e. The molecule has 6 fully saturated rings. The summed E-state index contributed by atoms with van der Waals surface area (Å²) in [4.78, 5) is 0. The third-order valence-electron chi connectivity index (χ3n) is 6.92. The third kappa shape index (κ3) is 41.8. The second-order valence-corrected chi connectivity index (χ2v) is 10.8. The lowest BCUT2D eigenvalue weighted by Gasteiger charge is -2.24. The van der Waals surface area contributed by atoms with E-state index < -0.39 is 0 Å². The maximum Gasteiger partial charge on any atom is 0.0838 e. The first-order valence-electron chi connectivity index (χ1n) is 15.7. The van der Waals surface area contributed by atoms with Gasteiger partial charge in [0.25, 0.3) is 0 Å². The van der Waals surface area contributed by atoms with Crippen molar-refractivity contribution in [3.63, 3.8) is 0 Å². The molecule has 7 unspecified atom stereocenters. The monoisotopic (exact) mass is 643 g/mol. The fraction of sp³-hybridized carbons (Fsp3) is 1.00. The van der Waals surface area contributed by atoms with E-state index in [4.69, 9.17) is 28.4 Å². The third-order valence-corrected chi connectivity index (χ3v) is 6.92. The van der Waals surface area contributed by atoms with Gasteiger partial charge in [-0.05, 0) is 51.9 Å². The van der Waals surface area contributed by atoms with Crippen LogP contribution in [0, 0.1) is 0 Å². The van der Waals surface area contributed by atoms with Crippen LogP contribution in [0.2, 0.25) is 0 Å². The van der Waals surface area contributed by atoms with E-state index in [2.05, 4.69) is 48.5 Å². The summed E-state index contributed by atoms with van der Waals surface area (Å²) in [7, 11) is 0. The molecule has 0 radical (unpaired) electrons. The van der Waals surface area contributed by atoms with E-state index in [9.17, 15) is 0 Å².